The summed E-state index contributed by atoms with van der Waals surface area (Å²) < 4.78 is 2.02. The monoisotopic (exact) mass is 386 g/mol. The third-order valence-electron chi connectivity index (χ3n) is 7.64. The quantitative estimate of drug-likeness (QED) is 0.790. The number of amides is 2. The van der Waals surface area contributed by atoms with Crippen LogP contribution in [0.2, 0.25) is 0 Å². The van der Waals surface area contributed by atoms with E-state index in [-0.39, 0.29) is 28.8 Å². The number of nitrogens with one attached hydrogen (secondary N) is 1. The van der Waals surface area contributed by atoms with Crippen molar-refractivity contribution in [1.82, 2.24) is 25.0 Å². The summed E-state index contributed by atoms with van der Waals surface area (Å²) in [7, 11) is 0. The minimum absolute atomic E-state index is 0.0699. The van der Waals surface area contributed by atoms with Gasteiger partial charge in [-0.1, -0.05) is 0 Å². The summed E-state index contributed by atoms with van der Waals surface area (Å²) in [4.78, 5) is 32.5. The van der Waals surface area contributed by atoms with E-state index in [9.17, 15) is 9.59 Å². The Morgan fingerprint density at radius 1 is 1.21 bits per heavy atom. The Kier molecular flexibility index (Phi) is 4.05. The first-order valence-electron chi connectivity index (χ1n) is 10.6. The summed E-state index contributed by atoms with van der Waals surface area (Å²) in [5.41, 5.74) is 5.70. The zero-order valence-corrected chi connectivity index (χ0v) is 16.5. The van der Waals surface area contributed by atoms with Crippen LogP contribution in [0, 0.1) is 17.3 Å². The average Bonchev–Trinajstić information content (AvgIpc) is 3.30. The summed E-state index contributed by atoms with van der Waals surface area (Å²) in [6.45, 7) is 2.95. The molecule has 4 bridgehead atoms. The van der Waals surface area contributed by atoms with E-state index >= 15 is 0 Å². The standard InChI is InChI=1S/C20H30N6O2/c1-2-23-17(27)16-4-15(21)9-25(16)18(28)19-5-13-3-14(6-19)8-20(7-13,10-19)26-12-22-11-24-26/h11-16H,2-10,21H2,1H3,(H,23,27)/t13-,14-,15-,16+,19?,20?/m1/s1. The van der Waals surface area contributed by atoms with Crippen molar-refractivity contribution in [3.8, 4) is 0 Å². The summed E-state index contributed by atoms with van der Waals surface area (Å²) in [6.07, 6.45) is 10.0. The van der Waals surface area contributed by atoms with Crippen LogP contribution in [0.4, 0.5) is 0 Å². The van der Waals surface area contributed by atoms with E-state index in [0.29, 0.717) is 31.3 Å². The molecule has 8 heteroatoms. The fourth-order valence-corrected chi connectivity index (χ4v) is 7.12. The molecule has 0 aromatic carbocycles. The highest BCUT2D eigenvalue weighted by Crippen LogP contribution is 2.64. The number of likely N-dealkylation sites (tertiary alicyclic amines) is 1. The van der Waals surface area contributed by atoms with Gasteiger partial charge >= 0.3 is 0 Å². The molecule has 1 aromatic heterocycles. The van der Waals surface area contributed by atoms with Crippen LogP contribution in [-0.2, 0) is 15.1 Å². The van der Waals surface area contributed by atoms with E-state index in [1.807, 2.05) is 17.9 Å². The second kappa shape index (κ2) is 6.27. The first kappa shape index (κ1) is 18.1. The second-order valence-corrected chi connectivity index (χ2v) is 9.67. The van der Waals surface area contributed by atoms with Crippen molar-refractivity contribution in [2.24, 2.45) is 23.0 Å². The summed E-state index contributed by atoms with van der Waals surface area (Å²) >= 11 is 0. The average molecular weight is 387 g/mol. The van der Waals surface area contributed by atoms with Gasteiger partial charge in [-0.05, 0) is 63.7 Å². The molecule has 2 heterocycles. The van der Waals surface area contributed by atoms with E-state index in [1.165, 1.54) is 6.42 Å². The number of nitrogens with two attached hydrogens (primary N) is 1. The molecule has 6 rings (SSSR count). The lowest BCUT2D eigenvalue weighted by Gasteiger charge is -2.61. The van der Waals surface area contributed by atoms with E-state index in [2.05, 4.69) is 15.4 Å². The largest absolute Gasteiger partial charge is 0.355 e. The lowest BCUT2D eigenvalue weighted by molar-refractivity contribution is -0.168. The van der Waals surface area contributed by atoms with Crippen molar-refractivity contribution in [2.75, 3.05) is 13.1 Å². The number of hydrogen-bond acceptors (Lipinski definition) is 5. The van der Waals surface area contributed by atoms with Crippen LogP contribution in [-0.4, -0.2) is 56.7 Å². The Morgan fingerprint density at radius 2 is 1.96 bits per heavy atom. The van der Waals surface area contributed by atoms with E-state index in [0.717, 1.165) is 32.1 Å². The summed E-state index contributed by atoms with van der Waals surface area (Å²) in [5.74, 6) is 1.18. The van der Waals surface area contributed by atoms with Crippen LogP contribution < -0.4 is 11.1 Å². The maximum absolute atomic E-state index is 13.9. The first-order chi connectivity index (χ1) is 13.4. The van der Waals surface area contributed by atoms with Crippen molar-refractivity contribution in [3.63, 3.8) is 0 Å². The molecule has 152 valence electrons. The molecular formula is C20H30N6O2. The number of rotatable bonds is 4. The normalized spacial score (nSPS) is 41.4. The van der Waals surface area contributed by atoms with Crippen molar-refractivity contribution in [3.05, 3.63) is 12.7 Å². The van der Waals surface area contributed by atoms with Crippen molar-refractivity contribution in [1.29, 1.82) is 0 Å². The van der Waals surface area contributed by atoms with Crippen LogP contribution >= 0.6 is 0 Å². The molecule has 5 aliphatic rings. The fourth-order valence-electron chi connectivity index (χ4n) is 7.12. The molecule has 1 aliphatic heterocycles. The van der Waals surface area contributed by atoms with Crippen molar-refractivity contribution in [2.45, 2.75) is 69.5 Å². The van der Waals surface area contributed by atoms with Crippen LogP contribution in [0.25, 0.3) is 0 Å². The van der Waals surface area contributed by atoms with Gasteiger partial charge < -0.3 is 16.0 Å². The molecule has 3 N–H and O–H groups in total. The van der Waals surface area contributed by atoms with Gasteiger partial charge in [-0.25, -0.2) is 9.67 Å². The van der Waals surface area contributed by atoms with Gasteiger partial charge in [-0.15, -0.1) is 0 Å². The lowest BCUT2D eigenvalue weighted by atomic mass is 9.46. The van der Waals surface area contributed by atoms with E-state index < -0.39 is 6.04 Å². The molecular weight excluding hydrogens is 356 g/mol. The zero-order chi connectivity index (χ0) is 19.5. The van der Waals surface area contributed by atoms with Crippen LogP contribution in [0.1, 0.15) is 51.9 Å². The highest BCUT2D eigenvalue weighted by Gasteiger charge is 2.63. The molecule has 8 nitrogen and oxygen atoms in total. The molecule has 4 saturated carbocycles. The molecule has 0 radical (unpaired) electrons. The highest BCUT2D eigenvalue weighted by atomic mass is 16.2. The van der Waals surface area contributed by atoms with Crippen LogP contribution in [0.15, 0.2) is 12.7 Å². The smallest absolute Gasteiger partial charge is 0.242 e. The maximum Gasteiger partial charge on any atom is 0.242 e. The van der Waals surface area contributed by atoms with Crippen LogP contribution in [0.3, 0.4) is 0 Å². The number of aromatic nitrogens is 3. The number of nitrogens with zero attached hydrogens (tertiary/aromatic N) is 4. The SMILES string of the molecule is CCNC(=O)[C@@H]1C[C@@H](N)CN1C(=O)C12C[C@H]3C[C@H](C1)CC(n1cncn1)(C3)C2. The maximum atomic E-state index is 13.9. The minimum atomic E-state index is -0.433. The molecule has 0 unspecified atom stereocenters. The molecule has 4 atom stereocenters. The third kappa shape index (κ3) is 2.60. The molecule has 28 heavy (non-hydrogen) atoms. The highest BCUT2D eigenvalue weighted by molar-refractivity contribution is 5.91. The topological polar surface area (TPSA) is 106 Å². The Morgan fingerprint density at radius 3 is 2.61 bits per heavy atom. The molecule has 2 amide bonds. The number of hydrogen-bond donors (Lipinski definition) is 2. The predicted octanol–water partition coefficient (Wildman–Crippen LogP) is 0.638. The predicted molar refractivity (Wildman–Crippen MR) is 102 cm³/mol. The second-order valence-electron chi connectivity index (χ2n) is 9.67. The van der Waals surface area contributed by atoms with Gasteiger partial charge in [0.15, 0.2) is 0 Å². The Balaban J connectivity index is 1.47. The minimum Gasteiger partial charge on any atom is -0.355 e. The Hall–Kier alpha value is -1.96. The summed E-state index contributed by atoms with van der Waals surface area (Å²) in [6, 6.07) is -0.562. The number of carbonyl (C=O) groups is 2. The van der Waals surface area contributed by atoms with Gasteiger partial charge in [0.1, 0.15) is 18.7 Å². The van der Waals surface area contributed by atoms with Gasteiger partial charge in [0.05, 0.1) is 11.0 Å². The third-order valence-corrected chi connectivity index (χ3v) is 7.64. The molecule has 4 aliphatic carbocycles. The summed E-state index contributed by atoms with van der Waals surface area (Å²) in [5, 5.41) is 7.36. The fraction of sp³-hybridized carbons (Fsp3) is 0.800. The Labute approximate surface area is 165 Å². The molecule has 1 saturated heterocycles. The van der Waals surface area contributed by atoms with Gasteiger partial charge in [0.25, 0.3) is 0 Å². The van der Waals surface area contributed by atoms with Gasteiger partial charge in [0.2, 0.25) is 11.8 Å². The number of likely N-dealkylation sites (N-methyl/N-ethyl adjacent to an activating group) is 1. The van der Waals surface area contributed by atoms with Crippen molar-refractivity contribution < 1.29 is 9.59 Å². The van der Waals surface area contributed by atoms with Crippen molar-refractivity contribution >= 4 is 11.8 Å². The number of carbonyl (C=O) groups excluding carboxylic acids is 2. The zero-order valence-electron chi connectivity index (χ0n) is 16.5. The van der Waals surface area contributed by atoms with Gasteiger partial charge in [0, 0.05) is 19.1 Å². The molecule has 1 aromatic rings. The van der Waals surface area contributed by atoms with Gasteiger partial charge in [-0.2, -0.15) is 5.10 Å². The molecule has 0 spiro atoms. The van der Waals surface area contributed by atoms with Gasteiger partial charge in [-0.3, -0.25) is 9.59 Å². The van der Waals surface area contributed by atoms with E-state index in [1.54, 1.807) is 11.2 Å². The molecule has 5 fully saturated rings. The van der Waals surface area contributed by atoms with Crippen LogP contribution in [0.5, 0.6) is 0 Å². The lowest BCUT2D eigenvalue weighted by Crippen LogP contribution is -2.62. The first-order valence-corrected chi connectivity index (χ1v) is 10.6. The van der Waals surface area contributed by atoms with E-state index in [4.69, 9.17) is 5.73 Å². The Bertz CT molecular complexity index is 764.